The van der Waals surface area contributed by atoms with Crippen LogP contribution in [0.5, 0.6) is 5.75 Å². The Bertz CT molecular complexity index is 409. The van der Waals surface area contributed by atoms with Gasteiger partial charge in [0.2, 0.25) is 0 Å². The summed E-state index contributed by atoms with van der Waals surface area (Å²) in [7, 11) is 0. The molecule has 0 aromatic carbocycles. The van der Waals surface area contributed by atoms with Crippen LogP contribution in [0.3, 0.4) is 0 Å². The molecule has 62 valence electrons. The highest BCUT2D eigenvalue weighted by molar-refractivity contribution is 5.40. The number of rotatable bonds is 1. The fourth-order valence-corrected chi connectivity index (χ4v) is 1.07. The third kappa shape index (κ3) is 0.911. The first-order valence-electron chi connectivity index (χ1n) is 3.54. The quantitative estimate of drug-likeness (QED) is 0.616. The monoisotopic (exact) mass is 164 g/mol. The molecule has 0 radical (unpaired) electrons. The molecule has 12 heavy (non-hydrogen) atoms. The molecule has 0 saturated carbocycles. The second kappa shape index (κ2) is 2.46. The number of pyridine rings is 1. The van der Waals surface area contributed by atoms with Gasteiger partial charge in [-0.15, -0.1) is 10.2 Å². The average molecular weight is 164 g/mol. The van der Waals surface area contributed by atoms with E-state index in [0.29, 0.717) is 18.0 Å². The van der Waals surface area contributed by atoms with Crippen molar-refractivity contribution in [2.75, 3.05) is 0 Å². The van der Waals surface area contributed by atoms with E-state index in [2.05, 4.69) is 10.2 Å². The van der Waals surface area contributed by atoms with Gasteiger partial charge in [-0.3, -0.25) is 4.40 Å². The van der Waals surface area contributed by atoms with E-state index in [0.717, 1.165) is 0 Å². The summed E-state index contributed by atoms with van der Waals surface area (Å²) >= 11 is 0. The van der Waals surface area contributed by atoms with Crippen molar-refractivity contribution in [3.8, 4) is 5.75 Å². The third-order valence-electron chi connectivity index (χ3n) is 1.64. The van der Waals surface area contributed by atoms with Crippen LogP contribution in [0.25, 0.3) is 5.65 Å². The maximum atomic E-state index is 9.15. The van der Waals surface area contributed by atoms with Gasteiger partial charge in [0.05, 0.1) is 12.7 Å². The lowest BCUT2D eigenvalue weighted by Crippen LogP contribution is -2.01. The Hall–Kier alpha value is -1.62. The molecule has 0 aliphatic carbocycles. The van der Waals surface area contributed by atoms with E-state index in [-0.39, 0.29) is 5.75 Å². The van der Waals surface area contributed by atoms with Crippen LogP contribution >= 0.6 is 0 Å². The largest absolute Gasteiger partial charge is 0.506 e. The van der Waals surface area contributed by atoms with Crippen LogP contribution in [0.2, 0.25) is 0 Å². The second-order valence-electron chi connectivity index (χ2n) is 2.44. The predicted molar refractivity (Wildman–Crippen MR) is 42.5 cm³/mol. The minimum atomic E-state index is 0.178. The number of hydrogen-bond acceptors (Lipinski definition) is 4. The summed E-state index contributed by atoms with van der Waals surface area (Å²) < 4.78 is 1.66. The zero-order chi connectivity index (χ0) is 8.55. The van der Waals surface area contributed by atoms with E-state index >= 15 is 0 Å². The smallest absolute Gasteiger partial charge is 0.161 e. The summed E-state index contributed by atoms with van der Waals surface area (Å²) in [5, 5.41) is 16.8. The third-order valence-corrected chi connectivity index (χ3v) is 1.64. The van der Waals surface area contributed by atoms with Gasteiger partial charge >= 0.3 is 0 Å². The van der Waals surface area contributed by atoms with Crippen molar-refractivity contribution < 1.29 is 5.11 Å². The SMILES string of the molecule is NCc1nnc2ccc(O)cn12. The molecular formula is C7H8N4O. The summed E-state index contributed by atoms with van der Waals surface area (Å²) in [5.74, 6) is 0.818. The summed E-state index contributed by atoms with van der Waals surface area (Å²) in [5.41, 5.74) is 6.09. The van der Waals surface area contributed by atoms with Gasteiger partial charge in [0.1, 0.15) is 5.75 Å². The summed E-state index contributed by atoms with van der Waals surface area (Å²) in [6.07, 6.45) is 1.54. The van der Waals surface area contributed by atoms with Crippen LogP contribution in [0, 0.1) is 0 Å². The Morgan fingerprint density at radius 2 is 2.25 bits per heavy atom. The van der Waals surface area contributed by atoms with Crippen molar-refractivity contribution >= 4 is 5.65 Å². The van der Waals surface area contributed by atoms with Gasteiger partial charge in [-0.05, 0) is 12.1 Å². The molecular weight excluding hydrogens is 156 g/mol. The lowest BCUT2D eigenvalue weighted by molar-refractivity contribution is 0.471. The number of nitrogens with two attached hydrogens (primary N) is 1. The Labute approximate surface area is 68.5 Å². The van der Waals surface area contributed by atoms with Gasteiger partial charge in [0.25, 0.3) is 0 Å². The Morgan fingerprint density at radius 3 is 3.00 bits per heavy atom. The summed E-state index contributed by atoms with van der Waals surface area (Å²) in [6.45, 7) is 0.310. The molecule has 0 aliphatic heterocycles. The molecule has 3 N–H and O–H groups in total. The predicted octanol–water partition coefficient (Wildman–Crippen LogP) is -0.106. The topological polar surface area (TPSA) is 76.4 Å². The number of aromatic hydroxyl groups is 1. The van der Waals surface area contributed by atoms with E-state index in [1.165, 1.54) is 6.20 Å². The van der Waals surface area contributed by atoms with Crippen LogP contribution in [-0.2, 0) is 6.54 Å². The van der Waals surface area contributed by atoms with Crippen molar-refractivity contribution in [3.05, 3.63) is 24.2 Å². The molecule has 0 amide bonds. The van der Waals surface area contributed by atoms with Gasteiger partial charge in [-0.2, -0.15) is 0 Å². The maximum absolute atomic E-state index is 9.15. The van der Waals surface area contributed by atoms with Crippen molar-refractivity contribution in [2.45, 2.75) is 6.54 Å². The van der Waals surface area contributed by atoms with Gasteiger partial charge in [0, 0.05) is 0 Å². The van der Waals surface area contributed by atoms with Crippen molar-refractivity contribution in [1.82, 2.24) is 14.6 Å². The highest BCUT2D eigenvalue weighted by Gasteiger charge is 2.02. The van der Waals surface area contributed by atoms with Crippen LogP contribution in [0.4, 0.5) is 0 Å². The maximum Gasteiger partial charge on any atom is 0.161 e. The molecule has 0 spiro atoms. The number of fused-ring (bicyclic) bond motifs is 1. The summed E-state index contributed by atoms with van der Waals surface area (Å²) in [6, 6.07) is 3.24. The zero-order valence-corrected chi connectivity index (χ0v) is 6.31. The van der Waals surface area contributed by atoms with Crippen molar-refractivity contribution in [3.63, 3.8) is 0 Å². The standard InChI is InChI=1S/C7H8N4O/c8-3-7-10-9-6-2-1-5(12)4-11(6)7/h1-2,4,12H,3,8H2. The normalized spacial score (nSPS) is 10.8. The van der Waals surface area contributed by atoms with Crippen molar-refractivity contribution in [1.29, 1.82) is 0 Å². The van der Waals surface area contributed by atoms with Gasteiger partial charge in [0.15, 0.2) is 11.5 Å². The highest BCUT2D eigenvalue weighted by atomic mass is 16.3. The minimum absolute atomic E-state index is 0.178. The van der Waals surface area contributed by atoms with Crippen LogP contribution in [-0.4, -0.2) is 19.7 Å². The fourth-order valence-electron chi connectivity index (χ4n) is 1.07. The van der Waals surface area contributed by atoms with Gasteiger partial charge in [-0.1, -0.05) is 0 Å². The number of hydrogen-bond donors (Lipinski definition) is 2. The molecule has 5 heteroatoms. The minimum Gasteiger partial charge on any atom is -0.506 e. The van der Waals surface area contributed by atoms with E-state index in [1.54, 1.807) is 16.5 Å². The first-order chi connectivity index (χ1) is 5.81. The number of aromatic nitrogens is 3. The van der Waals surface area contributed by atoms with E-state index in [9.17, 15) is 0 Å². The van der Waals surface area contributed by atoms with E-state index < -0.39 is 0 Å². The molecule has 2 rings (SSSR count). The fraction of sp³-hybridized carbons (Fsp3) is 0.143. The second-order valence-corrected chi connectivity index (χ2v) is 2.44. The van der Waals surface area contributed by atoms with E-state index in [4.69, 9.17) is 10.8 Å². The molecule has 0 aliphatic rings. The molecule has 0 saturated heterocycles. The van der Waals surface area contributed by atoms with Crippen LogP contribution < -0.4 is 5.73 Å². The summed E-state index contributed by atoms with van der Waals surface area (Å²) in [4.78, 5) is 0. The first kappa shape index (κ1) is 7.05. The van der Waals surface area contributed by atoms with E-state index in [1.807, 2.05) is 0 Å². The highest BCUT2D eigenvalue weighted by Crippen LogP contribution is 2.10. The zero-order valence-electron chi connectivity index (χ0n) is 6.31. The average Bonchev–Trinajstić information content (AvgIpc) is 2.46. The van der Waals surface area contributed by atoms with Crippen LogP contribution in [0.15, 0.2) is 18.3 Å². The molecule has 5 nitrogen and oxygen atoms in total. The number of nitrogens with zero attached hydrogens (tertiary/aromatic N) is 3. The lowest BCUT2D eigenvalue weighted by Gasteiger charge is -1.95. The molecule has 0 atom stereocenters. The molecule has 2 heterocycles. The lowest BCUT2D eigenvalue weighted by atomic mass is 10.4. The molecule has 0 unspecified atom stereocenters. The molecule has 2 aromatic rings. The van der Waals surface area contributed by atoms with Gasteiger partial charge < -0.3 is 10.8 Å². The Kier molecular flexibility index (Phi) is 1.44. The molecule has 0 bridgehead atoms. The first-order valence-corrected chi connectivity index (χ1v) is 3.54. The molecule has 0 fully saturated rings. The molecule has 2 aromatic heterocycles. The van der Waals surface area contributed by atoms with Gasteiger partial charge in [-0.25, -0.2) is 0 Å². The Morgan fingerprint density at radius 1 is 1.42 bits per heavy atom. The Balaban J connectivity index is 2.75. The van der Waals surface area contributed by atoms with Crippen LogP contribution in [0.1, 0.15) is 5.82 Å². The van der Waals surface area contributed by atoms with Crippen molar-refractivity contribution in [2.24, 2.45) is 5.73 Å².